The third kappa shape index (κ3) is 2.34. The van der Waals surface area contributed by atoms with Gasteiger partial charge in [-0.05, 0) is 31.2 Å². The molecule has 0 atom stereocenters. The number of azo groups is 1. The molecule has 1 aromatic carbocycles. The number of aromatic hydroxyl groups is 1. The molecule has 0 saturated heterocycles. The minimum Gasteiger partial charge on any atom is -0.508 e. The van der Waals surface area contributed by atoms with Crippen molar-refractivity contribution in [2.24, 2.45) is 10.2 Å². The van der Waals surface area contributed by atoms with Crippen molar-refractivity contribution in [1.29, 1.82) is 0 Å². The maximum Gasteiger partial charge on any atom is 0.273 e. The summed E-state index contributed by atoms with van der Waals surface area (Å²) in [6.45, 7) is 1.71. The number of aryl methyl sites for hydroxylation is 1. The molecule has 2 heterocycles. The number of nitrogens with zero attached hydrogens (tertiary/aromatic N) is 4. The summed E-state index contributed by atoms with van der Waals surface area (Å²) in [6, 6.07) is 7.60. The smallest absolute Gasteiger partial charge is 0.273 e. The molecular formula is C13H12N6O2. The summed E-state index contributed by atoms with van der Waals surface area (Å²) in [5.41, 5.74) is 7.27. The van der Waals surface area contributed by atoms with Gasteiger partial charge in [-0.15, -0.1) is 5.11 Å². The Balaban J connectivity index is 2.10. The van der Waals surface area contributed by atoms with E-state index in [0.717, 1.165) is 0 Å². The highest BCUT2D eigenvalue weighted by atomic mass is 16.3. The van der Waals surface area contributed by atoms with E-state index in [4.69, 9.17) is 5.73 Å². The van der Waals surface area contributed by atoms with Gasteiger partial charge < -0.3 is 10.8 Å². The molecule has 21 heavy (non-hydrogen) atoms. The first-order valence-corrected chi connectivity index (χ1v) is 6.13. The molecule has 0 spiro atoms. The summed E-state index contributed by atoms with van der Waals surface area (Å²) >= 11 is 0. The highest BCUT2D eigenvalue weighted by Crippen LogP contribution is 2.27. The van der Waals surface area contributed by atoms with Gasteiger partial charge in [0, 0.05) is 11.8 Å². The number of fused-ring (bicyclic) bond motifs is 1. The Morgan fingerprint density at radius 3 is 2.71 bits per heavy atom. The van der Waals surface area contributed by atoms with Crippen molar-refractivity contribution in [1.82, 2.24) is 14.6 Å². The van der Waals surface area contributed by atoms with Gasteiger partial charge in [0.2, 0.25) is 0 Å². The number of nitrogen functional groups attached to an aromatic ring is 1. The van der Waals surface area contributed by atoms with Gasteiger partial charge in [-0.1, -0.05) is 0 Å². The van der Waals surface area contributed by atoms with E-state index in [1.165, 1.54) is 22.7 Å². The first-order valence-electron chi connectivity index (χ1n) is 6.13. The van der Waals surface area contributed by atoms with Crippen LogP contribution in [0.5, 0.6) is 5.75 Å². The van der Waals surface area contributed by atoms with Crippen LogP contribution in [0.25, 0.3) is 5.65 Å². The largest absolute Gasteiger partial charge is 0.508 e. The van der Waals surface area contributed by atoms with Crippen molar-refractivity contribution in [3.63, 3.8) is 0 Å². The molecule has 0 radical (unpaired) electrons. The second-order valence-corrected chi connectivity index (χ2v) is 4.49. The second-order valence-electron chi connectivity index (χ2n) is 4.49. The van der Waals surface area contributed by atoms with Gasteiger partial charge in [0.1, 0.15) is 11.6 Å². The standard InChI is InChI=1S/C13H12N6O2/c1-7-6-10(21)19-13(15-7)11(12(14)18-19)17-16-8-2-4-9(20)5-3-8/h2-6,18,20H,14H2,1H3. The highest BCUT2D eigenvalue weighted by molar-refractivity contribution is 5.75. The van der Waals surface area contributed by atoms with E-state index in [9.17, 15) is 9.90 Å². The van der Waals surface area contributed by atoms with Crippen molar-refractivity contribution in [3.05, 3.63) is 46.4 Å². The van der Waals surface area contributed by atoms with Gasteiger partial charge in [0.15, 0.2) is 11.3 Å². The monoisotopic (exact) mass is 284 g/mol. The first kappa shape index (κ1) is 12.9. The Kier molecular flexibility index (Phi) is 2.90. The summed E-state index contributed by atoms with van der Waals surface area (Å²) in [5, 5.41) is 20.0. The van der Waals surface area contributed by atoms with Gasteiger partial charge in [0.05, 0.1) is 5.69 Å². The Bertz CT molecular complexity index is 891. The zero-order chi connectivity index (χ0) is 15.0. The van der Waals surface area contributed by atoms with Gasteiger partial charge in [-0.3, -0.25) is 9.89 Å². The van der Waals surface area contributed by atoms with E-state index in [-0.39, 0.29) is 17.1 Å². The summed E-state index contributed by atoms with van der Waals surface area (Å²) in [4.78, 5) is 16.1. The van der Waals surface area contributed by atoms with Crippen LogP contribution in [-0.4, -0.2) is 19.7 Å². The van der Waals surface area contributed by atoms with Crippen LogP contribution >= 0.6 is 0 Å². The third-order valence-electron chi connectivity index (χ3n) is 2.86. The maximum absolute atomic E-state index is 11.8. The molecule has 8 heteroatoms. The number of benzene rings is 1. The number of hydrogen-bond acceptors (Lipinski definition) is 6. The number of H-pyrrole nitrogens is 1. The lowest BCUT2D eigenvalue weighted by molar-refractivity contribution is 0.475. The maximum atomic E-state index is 11.8. The van der Waals surface area contributed by atoms with Crippen molar-refractivity contribution < 1.29 is 5.11 Å². The molecule has 4 N–H and O–H groups in total. The molecule has 0 amide bonds. The summed E-state index contributed by atoms with van der Waals surface area (Å²) in [5.74, 6) is 0.345. The molecule has 8 nitrogen and oxygen atoms in total. The minimum absolute atomic E-state index is 0.143. The summed E-state index contributed by atoms with van der Waals surface area (Å²) in [7, 11) is 0. The number of phenols is 1. The Morgan fingerprint density at radius 1 is 1.29 bits per heavy atom. The Labute approximate surface area is 118 Å². The van der Waals surface area contributed by atoms with Crippen LogP contribution in [0.4, 0.5) is 17.2 Å². The number of anilines is 1. The van der Waals surface area contributed by atoms with E-state index in [1.807, 2.05) is 0 Å². The summed E-state index contributed by atoms with van der Waals surface area (Å²) in [6.07, 6.45) is 0. The van der Waals surface area contributed by atoms with Gasteiger partial charge in [0.25, 0.3) is 5.56 Å². The molecule has 0 saturated carbocycles. The molecule has 3 aromatic rings. The van der Waals surface area contributed by atoms with E-state index in [0.29, 0.717) is 22.7 Å². The van der Waals surface area contributed by atoms with Crippen LogP contribution in [0.3, 0.4) is 0 Å². The molecule has 0 aliphatic heterocycles. The molecule has 106 valence electrons. The molecule has 2 aromatic heterocycles. The average Bonchev–Trinajstić information content (AvgIpc) is 2.75. The molecular weight excluding hydrogens is 272 g/mol. The van der Waals surface area contributed by atoms with Gasteiger partial charge in [-0.25, -0.2) is 4.98 Å². The molecule has 0 aliphatic carbocycles. The van der Waals surface area contributed by atoms with Crippen LogP contribution in [0.2, 0.25) is 0 Å². The van der Waals surface area contributed by atoms with E-state index < -0.39 is 0 Å². The van der Waals surface area contributed by atoms with E-state index in [1.54, 1.807) is 19.1 Å². The Hall–Kier alpha value is -3.16. The number of aromatic nitrogens is 3. The van der Waals surface area contributed by atoms with Crippen molar-refractivity contribution in [2.45, 2.75) is 6.92 Å². The van der Waals surface area contributed by atoms with Crippen molar-refractivity contribution in [3.8, 4) is 5.75 Å². The van der Waals surface area contributed by atoms with Crippen LogP contribution < -0.4 is 11.3 Å². The SMILES string of the molecule is Cc1cc(=O)n2[nH]c(N)c(N=Nc3ccc(O)cc3)c2n1. The average molecular weight is 284 g/mol. The van der Waals surface area contributed by atoms with Crippen LogP contribution in [-0.2, 0) is 0 Å². The predicted octanol–water partition coefficient (Wildman–Crippen LogP) is 2.03. The van der Waals surface area contributed by atoms with Gasteiger partial charge >= 0.3 is 0 Å². The molecule has 3 rings (SSSR count). The molecule has 0 aliphatic rings. The topological polar surface area (TPSA) is 121 Å². The Morgan fingerprint density at radius 2 is 2.00 bits per heavy atom. The lowest BCUT2D eigenvalue weighted by atomic mass is 10.3. The van der Waals surface area contributed by atoms with Crippen molar-refractivity contribution >= 4 is 22.8 Å². The fourth-order valence-corrected chi connectivity index (χ4v) is 1.88. The van der Waals surface area contributed by atoms with Gasteiger partial charge in [-0.2, -0.15) is 9.63 Å². The second kappa shape index (κ2) is 4.75. The highest BCUT2D eigenvalue weighted by Gasteiger charge is 2.12. The number of phenolic OH excluding ortho intramolecular Hbond substituents is 1. The molecule has 0 fully saturated rings. The minimum atomic E-state index is -0.268. The number of aromatic amines is 1. The number of rotatable bonds is 2. The number of nitrogens with one attached hydrogen (secondary N) is 1. The van der Waals surface area contributed by atoms with E-state index >= 15 is 0 Å². The predicted molar refractivity (Wildman–Crippen MR) is 77.2 cm³/mol. The van der Waals surface area contributed by atoms with Crippen molar-refractivity contribution in [2.75, 3.05) is 5.73 Å². The normalized spacial score (nSPS) is 11.5. The van der Waals surface area contributed by atoms with Crippen LogP contribution in [0.1, 0.15) is 5.69 Å². The zero-order valence-electron chi connectivity index (χ0n) is 11.1. The quantitative estimate of drug-likeness (QED) is 0.623. The lowest BCUT2D eigenvalue weighted by Crippen LogP contribution is -2.14. The van der Waals surface area contributed by atoms with Crippen LogP contribution in [0, 0.1) is 6.92 Å². The number of hydrogen-bond donors (Lipinski definition) is 3. The summed E-state index contributed by atoms with van der Waals surface area (Å²) < 4.78 is 1.22. The van der Waals surface area contributed by atoms with E-state index in [2.05, 4.69) is 20.3 Å². The zero-order valence-corrected chi connectivity index (χ0v) is 11.1. The number of nitrogens with two attached hydrogens (primary N) is 1. The molecule has 0 unspecified atom stereocenters. The fourth-order valence-electron chi connectivity index (χ4n) is 1.88. The van der Waals surface area contributed by atoms with Crippen LogP contribution in [0.15, 0.2) is 45.4 Å². The fraction of sp³-hybridized carbons (Fsp3) is 0.0769. The lowest BCUT2D eigenvalue weighted by Gasteiger charge is -1.95. The first-order chi connectivity index (χ1) is 10.0. The molecule has 0 bridgehead atoms. The third-order valence-corrected chi connectivity index (χ3v) is 2.86.